The number of nitro benzene ring substituents is 1. The fourth-order valence-corrected chi connectivity index (χ4v) is 3.56. The summed E-state index contributed by atoms with van der Waals surface area (Å²) >= 11 is 0. The zero-order valence-electron chi connectivity index (χ0n) is 15.7. The number of nitrogen functional groups attached to an aromatic ring is 1. The Bertz CT molecular complexity index is 1050. The minimum absolute atomic E-state index is 0.0603. The maximum absolute atomic E-state index is 11.5. The summed E-state index contributed by atoms with van der Waals surface area (Å²) in [5.41, 5.74) is 8.99. The van der Waals surface area contributed by atoms with Crippen molar-refractivity contribution in [2.75, 3.05) is 12.3 Å². The van der Waals surface area contributed by atoms with Crippen LogP contribution in [0.5, 0.6) is 0 Å². The van der Waals surface area contributed by atoms with E-state index in [4.69, 9.17) is 5.73 Å². The maximum Gasteiger partial charge on any atom is 0.294 e. The summed E-state index contributed by atoms with van der Waals surface area (Å²) in [5.74, 6) is 0. The van der Waals surface area contributed by atoms with Gasteiger partial charge in [-0.1, -0.05) is 30.3 Å². The van der Waals surface area contributed by atoms with E-state index in [1.165, 1.54) is 10.7 Å². The monoisotopic (exact) mass is 391 g/mol. The van der Waals surface area contributed by atoms with Crippen molar-refractivity contribution in [3.8, 4) is 5.69 Å². The summed E-state index contributed by atoms with van der Waals surface area (Å²) in [6.45, 7) is 1.27. The molecule has 0 amide bonds. The molecule has 1 aliphatic heterocycles. The Morgan fingerprint density at radius 2 is 2.03 bits per heavy atom. The van der Waals surface area contributed by atoms with Crippen molar-refractivity contribution in [3.63, 3.8) is 0 Å². The first-order valence-electron chi connectivity index (χ1n) is 9.28. The second-order valence-corrected chi connectivity index (χ2v) is 6.95. The molecule has 0 bridgehead atoms. The lowest BCUT2D eigenvalue weighted by molar-refractivity contribution is -0.383. The lowest BCUT2D eigenvalue weighted by Crippen LogP contribution is -2.37. The summed E-state index contributed by atoms with van der Waals surface area (Å²) in [7, 11) is 0. The summed E-state index contributed by atoms with van der Waals surface area (Å²) in [5, 5.41) is 26.3. The lowest BCUT2D eigenvalue weighted by atomic mass is 9.96. The summed E-state index contributed by atoms with van der Waals surface area (Å²) in [6, 6.07) is 14.9. The minimum Gasteiger partial charge on any atom is -0.391 e. The highest BCUT2D eigenvalue weighted by Crippen LogP contribution is 2.35. The van der Waals surface area contributed by atoms with Crippen LogP contribution in [-0.2, 0) is 6.54 Å². The van der Waals surface area contributed by atoms with E-state index in [1.54, 1.807) is 30.6 Å². The molecule has 0 saturated carbocycles. The third kappa shape index (κ3) is 3.89. The van der Waals surface area contributed by atoms with Gasteiger partial charge >= 0.3 is 0 Å². The van der Waals surface area contributed by atoms with E-state index in [1.807, 2.05) is 35.2 Å². The lowest BCUT2D eigenvalue weighted by Gasteiger charge is -2.31. The number of aliphatic hydroxyl groups is 1. The highest BCUT2D eigenvalue weighted by atomic mass is 16.6. The van der Waals surface area contributed by atoms with Gasteiger partial charge in [0.15, 0.2) is 0 Å². The molecule has 0 aliphatic carbocycles. The van der Waals surface area contributed by atoms with Gasteiger partial charge in [-0.15, -0.1) is 0 Å². The second kappa shape index (κ2) is 7.86. The summed E-state index contributed by atoms with van der Waals surface area (Å²) in [6.07, 6.45) is 4.90. The average molecular weight is 391 g/mol. The SMILES string of the molecule is Nc1c(-n2cccn2)cc(C2=CC(O)N(Cc3ccccc3)CC2)cc1[N+](=O)[O-]. The van der Waals surface area contributed by atoms with Crippen LogP contribution >= 0.6 is 0 Å². The Hall–Kier alpha value is -3.49. The van der Waals surface area contributed by atoms with E-state index in [-0.39, 0.29) is 11.4 Å². The van der Waals surface area contributed by atoms with Gasteiger partial charge in [0.05, 0.1) is 10.6 Å². The van der Waals surface area contributed by atoms with Crippen LogP contribution in [0.3, 0.4) is 0 Å². The predicted molar refractivity (Wildman–Crippen MR) is 110 cm³/mol. The molecule has 3 aromatic rings. The van der Waals surface area contributed by atoms with Gasteiger partial charge in [0, 0.05) is 31.5 Å². The Kier molecular flexibility index (Phi) is 5.11. The van der Waals surface area contributed by atoms with Crippen LogP contribution in [0.2, 0.25) is 0 Å². The van der Waals surface area contributed by atoms with Gasteiger partial charge in [-0.3, -0.25) is 15.0 Å². The number of aliphatic hydroxyl groups excluding tert-OH is 1. The molecule has 148 valence electrons. The van der Waals surface area contributed by atoms with Crippen molar-refractivity contribution in [3.05, 3.63) is 88.2 Å². The van der Waals surface area contributed by atoms with Crippen LogP contribution in [0.1, 0.15) is 17.5 Å². The molecule has 4 rings (SSSR count). The Balaban J connectivity index is 1.66. The van der Waals surface area contributed by atoms with Gasteiger partial charge in [0.25, 0.3) is 5.69 Å². The van der Waals surface area contributed by atoms with Crippen LogP contribution in [0.25, 0.3) is 11.3 Å². The molecule has 2 aromatic carbocycles. The normalized spacial score (nSPS) is 17.1. The van der Waals surface area contributed by atoms with Crippen molar-refractivity contribution in [2.24, 2.45) is 0 Å². The van der Waals surface area contributed by atoms with Crippen LogP contribution in [-0.4, -0.2) is 37.5 Å². The van der Waals surface area contributed by atoms with Crippen molar-refractivity contribution in [2.45, 2.75) is 19.2 Å². The number of benzene rings is 2. The first-order chi connectivity index (χ1) is 14.0. The van der Waals surface area contributed by atoms with Gasteiger partial charge in [0.2, 0.25) is 0 Å². The quantitative estimate of drug-likeness (QED) is 0.393. The number of rotatable bonds is 5. The Morgan fingerprint density at radius 1 is 1.24 bits per heavy atom. The van der Waals surface area contributed by atoms with Gasteiger partial charge in [-0.25, -0.2) is 4.68 Å². The molecule has 8 nitrogen and oxygen atoms in total. The number of hydrogen-bond acceptors (Lipinski definition) is 6. The third-order valence-corrected chi connectivity index (χ3v) is 5.08. The number of nitrogens with zero attached hydrogens (tertiary/aromatic N) is 4. The van der Waals surface area contributed by atoms with Gasteiger partial charge < -0.3 is 10.8 Å². The molecule has 0 radical (unpaired) electrons. The van der Waals surface area contributed by atoms with Crippen LogP contribution in [0, 0.1) is 10.1 Å². The highest BCUT2D eigenvalue weighted by molar-refractivity contribution is 5.79. The van der Waals surface area contributed by atoms with Gasteiger partial charge in [0.1, 0.15) is 11.9 Å². The average Bonchev–Trinajstić information content (AvgIpc) is 3.25. The zero-order chi connectivity index (χ0) is 20.4. The van der Waals surface area contributed by atoms with E-state index in [0.717, 1.165) is 11.1 Å². The number of nitrogens with two attached hydrogens (primary N) is 1. The third-order valence-electron chi connectivity index (χ3n) is 5.08. The van der Waals surface area contributed by atoms with Crippen molar-refractivity contribution >= 4 is 16.9 Å². The Labute approximate surface area is 167 Å². The smallest absolute Gasteiger partial charge is 0.294 e. The predicted octanol–water partition coefficient (Wildman–Crippen LogP) is 2.97. The number of anilines is 1. The summed E-state index contributed by atoms with van der Waals surface area (Å²) in [4.78, 5) is 13.0. The maximum atomic E-state index is 11.5. The molecule has 2 heterocycles. The van der Waals surface area contributed by atoms with Gasteiger partial charge in [-0.2, -0.15) is 5.10 Å². The fraction of sp³-hybridized carbons (Fsp3) is 0.190. The number of aromatic nitrogens is 2. The molecule has 8 heteroatoms. The topological polar surface area (TPSA) is 110 Å². The molecule has 1 unspecified atom stereocenters. The van der Waals surface area contributed by atoms with E-state index in [0.29, 0.717) is 30.8 Å². The van der Waals surface area contributed by atoms with Crippen LogP contribution in [0.15, 0.2) is 67.0 Å². The highest BCUT2D eigenvalue weighted by Gasteiger charge is 2.24. The molecular weight excluding hydrogens is 370 g/mol. The first-order valence-corrected chi connectivity index (χ1v) is 9.28. The first kappa shape index (κ1) is 18.9. The van der Waals surface area contributed by atoms with Crippen molar-refractivity contribution in [1.82, 2.24) is 14.7 Å². The second-order valence-electron chi connectivity index (χ2n) is 6.95. The molecule has 1 aromatic heterocycles. The molecule has 1 aliphatic rings. The van der Waals surface area contributed by atoms with E-state index >= 15 is 0 Å². The number of hydrogen-bond donors (Lipinski definition) is 2. The molecule has 0 spiro atoms. The molecule has 0 fully saturated rings. The number of nitro groups is 1. The van der Waals surface area contributed by atoms with Crippen molar-refractivity contribution in [1.29, 1.82) is 0 Å². The van der Waals surface area contributed by atoms with Gasteiger partial charge in [-0.05, 0) is 41.3 Å². The standard InChI is InChI=1S/C21H21N5O3/c22-21-18(25-9-4-8-23-25)11-17(12-19(21)26(28)29)16-7-10-24(20(27)13-16)14-15-5-2-1-3-6-15/h1-6,8-9,11-13,20,27H,7,10,14,22H2. The largest absolute Gasteiger partial charge is 0.391 e. The molecule has 0 saturated heterocycles. The zero-order valence-corrected chi connectivity index (χ0v) is 15.7. The fourth-order valence-electron chi connectivity index (χ4n) is 3.56. The molecular formula is C21H21N5O3. The molecule has 29 heavy (non-hydrogen) atoms. The Morgan fingerprint density at radius 3 is 2.69 bits per heavy atom. The van der Waals surface area contributed by atoms with E-state index < -0.39 is 11.2 Å². The van der Waals surface area contributed by atoms with Crippen molar-refractivity contribution < 1.29 is 10.0 Å². The van der Waals surface area contributed by atoms with Crippen LogP contribution in [0.4, 0.5) is 11.4 Å². The minimum atomic E-state index is -0.774. The van der Waals surface area contributed by atoms with E-state index in [9.17, 15) is 15.2 Å². The molecule has 1 atom stereocenters. The van der Waals surface area contributed by atoms with E-state index in [2.05, 4.69) is 5.10 Å². The molecule has 3 N–H and O–H groups in total. The summed E-state index contributed by atoms with van der Waals surface area (Å²) < 4.78 is 1.51. The van der Waals surface area contributed by atoms with Crippen LogP contribution < -0.4 is 5.73 Å².